The molecule has 1 heteroatoms. The number of allylic oxidation sites excluding steroid dienone is 1. The highest BCUT2D eigenvalue weighted by atomic mass is 16.1. The number of benzene rings is 2. The monoisotopic (exact) mass is 264 g/mol. The molecule has 0 aliphatic carbocycles. The molecule has 0 aliphatic heterocycles. The van der Waals surface area contributed by atoms with Crippen molar-refractivity contribution in [2.24, 2.45) is 0 Å². The largest absolute Gasteiger partial charge is 0.289 e. The second kappa shape index (κ2) is 6.33. The van der Waals surface area contributed by atoms with E-state index >= 15 is 0 Å². The fourth-order valence-electron chi connectivity index (χ4n) is 2.03. The molecular formula is C19H20O. The molecule has 0 spiro atoms. The highest BCUT2D eigenvalue weighted by Crippen LogP contribution is 2.12. The van der Waals surface area contributed by atoms with Crippen molar-refractivity contribution in [3.63, 3.8) is 0 Å². The van der Waals surface area contributed by atoms with E-state index in [4.69, 9.17) is 0 Å². The highest BCUT2D eigenvalue weighted by Gasteiger charge is 2.03. The van der Waals surface area contributed by atoms with Crippen molar-refractivity contribution in [2.75, 3.05) is 0 Å². The van der Waals surface area contributed by atoms with Gasteiger partial charge in [-0.1, -0.05) is 49.4 Å². The van der Waals surface area contributed by atoms with Gasteiger partial charge in [-0.15, -0.1) is 0 Å². The van der Waals surface area contributed by atoms with Crippen LogP contribution in [0.2, 0.25) is 0 Å². The lowest BCUT2D eigenvalue weighted by atomic mass is 10.0. The van der Waals surface area contributed by atoms with Crippen LogP contribution < -0.4 is 0 Å². The van der Waals surface area contributed by atoms with Gasteiger partial charge in [-0.25, -0.2) is 0 Å². The first-order chi connectivity index (χ1) is 9.60. The van der Waals surface area contributed by atoms with E-state index in [0.717, 1.165) is 23.1 Å². The van der Waals surface area contributed by atoms with Crippen LogP contribution >= 0.6 is 0 Å². The summed E-state index contributed by atoms with van der Waals surface area (Å²) in [6, 6.07) is 14.1. The van der Waals surface area contributed by atoms with Crippen LogP contribution in [0.1, 0.15) is 39.5 Å². The zero-order chi connectivity index (χ0) is 14.5. The lowest BCUT2D eigenvalue weighted by Gasteiger charge is -2.02. The Morgan fingerprint density at radius 3 is 2.30 bits per heavy atom. The van der Waals surface area contributed by atoms with Gasteiger partial charge in [0.1, 0.15) is 0 Å². The third-order valence-electron chi connectivity index (χ3n) is 3.61. The van der Waals surface area contributed by atoms with Crippen LogP contribution in [-0.2, 0) is 6.42 Å². The Balaban J connectivity index is 2.13. The van der Waals surface area contributed by atoms with Crippen molar-refractivity contribution >= 4 is 11.9 Å². The number of carbonyl (C=O) groups is 1. The van der Waals surface area contributed by atoms with Gasteiger partial charge in [-0.2, -0.15) is 0 Å². The molecule has 0 aromatic heterocycles. The summed E-state index contributed by atoms with van der Waals surface area (Å²) in [4.78, 5) is 12.1. The van der Waals surface area contributed by atoms with Gasteiger partial charge in [0.15, 0.2) is 5.78 Å². The van der Waals surface area contributed by atoms with E-state index in [2.05, 4.69) is 26.0 Å². The first-order valence-corrected chi connectivity index (χ1v) is 6.98. The summed E-state index contributed by atoms with van der Waals surface area (Å²) in [5, 5.41) is 0. The topological polar surface area (TPSA) is 17.1 Å². The zero-order valence-corrected chi connectivity index (χ0v) is 12.3. The number of ketones is 1. The van der Waals surface area contributed by atoms with Crippen molar-refractivity contribution in [1.29, 1.82) is 0 Å². The average Bonchev–Trinajstić information content (AvgIpc) is 2.48. The van der Waals surface area contributed by atoms with Gasteiger partial charge in [-0.3, -0.25) is 4.79 Å². The molecule has 0 aliphatic rings. The summed E-state index contributed by atoms with van der Waals surface area (Å²) in [6.07, 6.45) is 4.55. The van der Waals surface area contributed by atoms with Gasteiger partial charge in [0.05, 0.1) is 0 Å². The Bertz CT molecular complexity index is 633. The van der Waals surface area contributed by atoms with Gasteiger partial charge in [0.2, 0.25) is 0 Å². The lowest BCUT2D eigenvalue weighted by molar-refractivity contribution is 0.104. The molecule has 0 atom stereocenters. The van der Waals surface area contributed by atoms with Crippen LogP contribution in [0.5, 0.6) is 0 Å². The van der Waals surface area contributed by atoms with E-state index < -0.39 is 0 Å². The van der Waals surface area contributed by atoms with Gasteiger partial charge in [0, 0.05) is 5.56 Å². The van der Waals surface area contributed by atoms with Crippen molar-refractivity contribution in [3.05, 3.63) is 76.4 Å². The predicted molar refractivity (Wildman–Crippen MR) is 85.1 cm³/mol. The maximum absolute atomic E-state index is 12.1. The molecule has 0 saturated heterocycles. The SMILES string of the molecule is CCc1ccc(C=CC(=O)c2ccc(C)c(C)c2)cc1. The summed E-state index contributed by atoms with van der Waals surface area (Å²) in [6.45, 7) is 6.21. The normalized spacial score (nSPS) is 10.9. The molecule has 2 rings (SSSR count). The van der Waals surface area contributed by atoms with Crippen LogP contribution in [0.3, 0.4) is 0 Å². The summed E-state index contributed by atoms with van der Waals surface area (Å²) < 4.78 is 0. The number of hydrogen-bond acceptors (Lipinski definition) is 1. The maximum atomic E-state index is 12.1. The number of aryl methyl sites for hydroxylation is 3. The van der Waals surface area contributed by atoms with Crippen molar-refractivity contribution in [2.45, 2.75) is 27.2 Å². The van der Waals surface area contributed by atoms with Crippen LogP contribution in [0.25, 0.3) is 6.08 Å². The van der Waals surface area contributed by atoms with Crippen LogP contribution in [0.15, 0.2) is 48.5 Å². The van der Waals surface area contributed by atoms with Gasteiger partial charge in [0.25, 0.3) is 0 Å². The molecule has 2 aromatic carbocycles. The van der Waals surface area contributed by atoms with Crippen molar-refractivity contribution < 1.29 is 4.79 Å². The van der Waals surface area contributed by atoms with Crippen LogP contribution in [0.4, 0.5) is 0 Å². The second-order valence-corrected chi connectivity index (χ2v) is 5.09. The molecule has 0 heterocycles. The van der Waals surface area contributed by atoms with E-state index in [1.54, 1.807) is 6.08 Å². The van der Waals surface area contributed by atoms with Crippen molar-refractivity contribution in [1.82, 2.24) is 0 Å². The van der Waals surface area contributed by atoms with E-state index in [9.17, 15) is 4.79 Å². The Morgan fingerprint density at radius 1 is 1.00 bits per heavy atom. The van der Waals surface area contributed by atoms with Crippen molar-refractivity contribution in [3.8, 4) is 0 Å². The molecule has 2 aromatic rings. The fraction of sp³-hybridized carbons (Fsp3) is 0.211. The molecule has 0 fully saturated rings. The molecular weight excluding hydrogens is 244 g/mol. The standard InChI is InChI=1S/C19H20O/c1-4-16-6-8-17(9-7-16)10-12-19(20)18-11-5-14(2)15(3)13-18/h5-13H,4H2,1-3H3. The smallest absolute Gasteiger partial charge is 0.185 e. The van der Waals surface area contributed by atoms with E-state index in [0.29, 0.717) is 0 Å². The molecule has 0 saturated carbocycles. The number of hydrogen-bond donors (Lipinski definition) is 0. The highest BCUT2D eigenvalue weighted by molar-refractivity contribution is 6.06. The van der Waals surface area contributed by atoms with Gasteiger partial charge < -0.3 is 0 Å². The Labute approximate surface area is 121 Å². The third kappa shape index (κ3) is 3.45. The quantitative estimate of drug-likeness (QED) is 0.574. The molecule has 0 bridgehead atoms. The average molecular weight is 264 g/mol. The minimum atomic E-state index is 0.0488. The summed E-state index contributed by atoms with van der Waals surface area (Å²) in [5.74, 6) is 0.0488. The van der Waals surface area contributed by atoms with Gasteiger partial charge >= 0.3 is 0 Å². The zero-order valence-electron chi connectivity index (χ0n) is 12.3. The molecule has 102 valence electrons. The summed E-state index contributed by atoms with van der Waals surface area (Å²) in [7, 11) is 0. The maximum Gasteiger partial charge on any atom is 0.185 e. The number of carbonyl (C=O) groups excluding carboxylic acids is 1. The van der Waals surface area contributed by atoms with E-state index in [1.165, 1.54) is 11.1 Å². The minimum Gasteiger partial charge on any atom is -0.289 e. The molecule has 0 amide bonds. The minimum absolute atomic E-state index is 0.0488. The predicted octanol–water partition coefficient (Wildman–Crippen LogP) is 4.76. The van der Waals surface area contributed by atoms with Crippen LogP contribution in [0, 0.1) is 13.8 Å². The summed E-state index contributed by atoms with van der Waals surface area (Å²) in [5.41, 5.74) is 5.47. The Kier molecular flexibility index (Phi) is 4.52. The Morgan fingerprint density at radius 2 is 1.70 bits per heavy atom. The first kappa shape index (κ1) is 14.3. The molecule has 0 N–H and O–H groups in total. The van der Waals surface area contributed by atoms with Crippen LogP contribution in [-0.4, -0.2) is 5.78 Å². The first-order valence-electron chi connectivity index (χ1n) is 6.98. The number of rotatable bonds is 4. The van der Waals surface area contributed by atoms with E-state index in [-0.39, 0.29) is 5.78 Å². The summed E-state index contributed by atoms with van der Waals surface area (Å²) >= 11 is 0. The molecule has 20 heavy (non-hydrogen) atoms. The van der Waals surface area contributed by atoms with E-state index in [1.807, 2.05) is 43.3 Å². The molecule has 0 radical (unpaired) electrons. The molecule has 0 unspecified atom stereocenters. The fourth-order valence-corrected chi connectivity index (χ4v) is 2.03. The lowest BCUT2D eigenvalue weighted by Crippen LogP contribution is -1.95. The molecule has 1 nitrogen and oxygen atoms in total. The Hall–Kier alpha value is -2.15. The second-order valence-electron chi connectivity index (χ2n) is 5.09. The third-order valence-corrected chi connectivity index (χ3v) is 3.61. The van der Waals surface area contributed by atoms with Gasteiger partial charge in [-0.05, 0) is 54.7 Å².